The largest absolute Gasteiger partial charge is 0.302 e. The molecule has 0 aliphatic carbocycles. The average Bonchev–Trinajstić information content (AvgIpc) is 2.18. The molecule has 0 spiro atoms. The van der Waals surface area contributed by atoms with Crippen molar-refractivity contribution in [1.29, 1.82) is 0 Å². The SMILES string of the molecule is O=CC(Br)CC(Cl)c1ccc(Cl)cc1. The highest BCUT2D eigenvalue weighted by Crippen LogP contribution is 2.28. The van der Waals surface area contributed by atoms with E-state index in [1.165, 1.54) is 0 Å². The summed E-state index contributed by atoms with van der Waals surface area (Å²) in [6.07, 6.45) is 1.41. The van der Waals surface area contributed by atoms with Crippen LogP contribution in [0.5, 0.6) is 0 Å². The molecule has 2 atom stereocenters. The minimum atomic E-state index is -0.194. The van der Waals surface area contributed by atoms with Crippen LogP contribution in [0.25, 0.3) is 0 Å². The van der Waals surface area contributed by atoms with Crippen LogP contribution < -0.4 is 0 Å². The molecule has 0 N–H and O–H groups in total. The molecule has 1 aromatic rings. The van der Waals surface area contributed by atoms with Crippen molar-refractivity contribution in [2.75, 3.05) is 0 Å². The van der Waals surface area contributed by atoms with Crippen molar-refractivity contribution in [2.24, 2.45) is 0 Å². The molecular formula is C10H9BrCl2O. The maximum Gasteiger partial charge on any atom is 0.133 e. The van der Waals surface area contributed by atoms with Gasteiger partial charge in [-0.25, -0.2) is 0 Å². The number of benzene rings is 1. The van der Waals surface area contributed by atoms with Gasteiger partial charge in [0.2, 0.25) is 0 Å². The van der Waals surface area contributed by atoms with E-state index in [1.807, 2.05) is 12.1 Å². The smallest absolute Gasteiger partial charge is 0.133 e. The number of alkyl halides is 2. The number of hydrogen-bond acceptors (Lipinski definition) is 1. The zero-order valence-corrected chi connectivity index (χ0v) is 10.4. The first kappa shape index (κ1) is 12.0. The Bertz CT molecular complexity index is 299. The zero-order chi connectivity index (χ0) is 10.6. The Morgan fingerprint density at radius 2 is 1.93 bits per heavy atom. The van der Waals surface area contributed by atoms with Crippen LogP contribution in [0.15, 0.2) is 24.3 Å². The van der Waals surface area contributed by atoms with Gasteiger partial charge in [0.05, 0.1) is 10.2 Å². The molecule has 0 saturated carbocycles. The Labute approximate surface area is 102 Å². The van der Waals surface area contributed by atoms with Crippen molar-refractivity contribution < 1.29 is 4.79 Å². The van der Waals surface area contributed by atoms with Crippen LogP contribution in [-0.4, -0.2) is 11.1 Å². The molecule has 0 bridgehead atoms. The third-order valence-electron chi connectivity index (χ3n) is 1.81. The van der Waals surface area contributed by atoms with Crippen molar-refractivity contribution in [3.05, 3.63) is 34.9 Å². The third kappa shape index (κ3) is 3.60. The van der Waals surface area contributed by atoms with Gasteiger partial charge in [-0.15, -0.1) is 11.6 Å². The van der Waals surface area contributed by atoms with E-state index in [2.05, 4.69) is 15.9 Å². The summed E-state index contributed by atoms with van der Waals surface area (Å²) >= 11 is 15.1. The maximum atomic E-state index is 10.4. The monoisotopic (exact) mass is 294 g/mol. The van der Waals surface area contributed by atoms with E-state index in [1.54, 1.807) is 12.1 Å². The summed E-state index contributed by atoms with van der Waals surface area (Å²) in [5.74, 6) is 0. The molecule has 0 saturated heterocycles. The molecule has 2 unspecified atom stereocenters. The van der Waals surface area contributed by atoms with Crippen LogP contribution in [0.3, 0.4) is 0 Å². The van der Waals surface area contributed by atoms with Gasteiger partial charge in [0.1, 0.15) is 6.29 Å². The molecule has 1 aromatic carbocycles. The van der Waals surface area contributed by atoms with Crippen LogP contribution in [0.2, 0.25) is 5.02 Å². The van der Waals surface area contributed by atoms with E-state index in [9.17, 15) is 4.79 Å². The van der Waals surface area contributed by atoms with Gasteiger partial charge in [0, 0.05) is 5.02 Å². The Morgan fingerprint density at radius 1 is 1.36 bits per heavy atom. The molecular weight excluding hydrogens is 287 g/mol. The Morgan fingerprint density at radius 3 is 2.43 bits per heavy atom. The first-order valence-corrected chi connectivity index (χ1v) is 5.85. The van der Waals surface area contributed by atoms with Gasteiger partial charge in [-0.05, 0) is 24.1 Å². The Balaban J connectivity index is 2.64. The van der Waals surface area contributed by atoms with Gasteiger partial charge in [0.25, 0.3) is 0 Å². The molecule has 0 amide bonds. The van der Waals surface area contributed by atoms with Gasteiger partial charge in [-0.2, -0.15) is 0 Å². The first-order chi connectivity index (χ1) is 6.63. The summed E-state index contributed by atoms with van der Waals surface area (Å²) in [6, 6.07) is 7.31. The maximum absolute atomic E-state index is 10.4. The number of halogens is 3. The van der Waals surface area contributed by atoms with Crippen molar-refractivity contribution in [1.82, 2.24) is 0 Å². The lowest BCUT2D eigenvalue weighted by Crippen LogP contribution is -2.03. The second-order valence-corrected chi connectivity index (χ2v) is 5.05. The van der Waals surface area contributed by atoms with E-state index < -0.39 is 0 Å². The highest BCUT2D eigenvalue weighted by Gasteiger charge is 2.12. The highest BCUT2D eigenvalue weighted by molar-refractivity contribution is 9.09. The average molecular weight is 296 g/mol. The van der Waals surface area contributed by atoms with E-state index in [0.717, 1.165) is 11.8 Å². The van der Waals surface area contributed by atoms with Crippen molar-refractivity contribution >= 4 is 45.4 Å². The molecule has 1 rings (SSSR count). The molecule has 4 heteroatoms. The molecule has 14 heavy (non-hydrogen) atoms. The summed E-state index contributed by atoms with van der Waals surface area (Å²) in [5, 5.41) is 0.519. The van der Waals surface area contributed by atoms with Gasteiger partial charge in [-0.3, -0.25) is 0 Å². The van der Waals surface area contributed by atoms with Crippen molar-refractivity contribution in [3.63, 3.8) is 0 Å². The lowest BCUT2D eigenvalue weighted by Gasteiger charge is -2.10. The summed E-state index contributed by atoms with van der Waals surface area (Å²) in [4.78, 5) is 10.2. The van der Waals surface area contributed by atoms with Gasteiger partial charge < -0.3 is 4.79 Å². The van der Waals surface area contributed by atoms with Crippen molar-refractivity contribution in [2.45, 2.75) is 16.6 Å². The van der Waals surface area contributed by atoms with Gasteiger partial charge >= 0.3 is 0 Å². The number of hydrogen-bond donors (Lipinski definition) is 0. The Hall–Kier alpha value is -0.0500. The van der Waals surface area contributed by atoms with Crippen LogP contribution >= 0.6 is 39.1 Å². The summed E-state index contributed by atoms with van der Waals surface area (Å²) < 4.78 is 0. The van der Waals surface area contributed by atoms with E-state index >= 15 is 0 Å². The summed E-state index contributed by atoms with van der Waals surface area (Å²) in [5.41, 5.74) is 0.974. The standard InChI is InChI=1S/C10H9BrCl2O/c11-8(6-14)5-10(13)7-1-3-9(12)4-2-7/h1-4,6,8,10H,5H2. The highest BCUT2D eigenvalue weighted by atomic mass is 79.9. The third-order valence-corrected chi connectivity index (χ3v) is 3.08. The molecule has 76 valence electrons. The molecule has 0 heterocycles. The molecule has 0 fully saturated rings. The number of rotatable bonds is 4. The topological polar surface area (TPSA) is 17.1 Å². The number of carbonyl (C=O) groups excluding carboxylic acids is 1. The first-order valence-electron chi connectivity index (χ1n) is 4.12. The van der Waals surface area contributed by atoms with Crippen LogP contribution in [0, 0.1) is 0 Å². The van der Waals surface area contributed by atoms with E-state index in [4.69, 9.17) is 23.2 Å². The van der Waals surface area contributed by atoms with Gasteiger partial charge in [-0.1, -0.05) is 39.7 Å². The van der Waals surface area contributed by atoms with E-state index in [0.29, 0.717) is 11.4 Å². The minimum Gasteiger partial charge on any atom is -0.302 e. The van der Waals surface area contributed by atoms with Gasteiger partial charge in [0.15, 0.2) is 0 Å². The molecule has 0 aliphatic heterocycles. The lowest BCUT2D eigenvalue weighted by molar-refractivity contribution is -0.107. The van der Waals surface area contributed by atoms with Crippen molar-refractivity contribution in [3.8, 4) is 0 Å². The molecule has 0 aromatic heterocycles. The Kier molecular flexibility index (Phi) is 4.93. The van der Waals surface area contributed by atoms with Crippen LogP contribution in [0.4, 0.5) is 0 Å². The normalized spacial score (nSPS) is 14.8. The van der Waals surface area contributed by atoms with Crippen LogP contribution in [0.1, 0.15) is 17.4 Å². The zero-order valence-electron chi connectivity index (χ0n) is 7.29. The number of carbonyl (C=O) groups is 1. The lowest BCUT2D eigenvalue weighted by atomic mass is 10.1. The summed E-state index contributed by atoms with van der Waals surface area (Å²) in [7, 11) is 0. The summed E-state index contributed by atoms with van der Waals surface area (Å²) in [6.45, 7) is 0. The molecule has 0 aliphatic rings. The second kappa shape index (κ2) is 5.74. The molecule has 1 nitrogen and oxygen atoms in total. The minimum absolute atomic E-state index is 0.165. The van der Waals surface area contributed by atoms with E-state index in [-0.39, 0.29) is 10.2 Å². The predicted octanol–water partition coefficient (Wildman–Crippen LogP) is 3.97. The fourth-order valence-electron chi connectivity index (χ4n) is 1.06. The molecule has 0 radical (unpaired) electrons. The quantitative estimate of drug-likeness (QED) is 0.607. The second-order valence-electron chi connectivity index (χ2n) is 2.91. The van der Waals surface area contributed by atoms with Crippen LogP contribution in [-0.2, 0) is 4.79 Å². The number of aldehydes is 1. The fourth-order valence-corrected chi connectivity index (χ4v) is 2.11. The predicted molar refractivity (Wildman–Crippen MR) is 63.4 cm³/mol. The fraction of sp³-hybridized carbons (Fsp3) is 0.300.